The number of amides is 1. The van der Waals surface area contributed by atoms with Gasteiger partial charge in [0.25, 0.3) is 0 Å². The molecule has 0 unspecified atom stereocenters. The SMILES string of the molecule is CCN(CC(=O)Nc1cccc(CN2CCSCC2)c1)Cc1c(F)cccc1F. The van der Waals surface area contributed by atoms with E-state index in [4.69, 9.17) is 0 Å². The lowest BCUT2D eigenvalue weighted by Gasteiger charge is -2.26. The molecule has 1 N–H and O–H groups in total. The number of nitrogens with zero attached hydrogens (tertiary/aromatic N) is 2. The van der Waals surface area contributed by atoms with E-state index in [0.717, 1.165) is 42.4 Å². The summed E-state index contributed by atoms with van der Waals surface area (Å²) in [6.45, 7) is 5.53. The number of carbonyl (C=O) groups is 1. The minimum atomic E-state index is -0.590. The zero-order valence-corrected chi connectivity index (χ0v) is 17.5. The van der Waals surface area contributed by atoms with Gasteiger partial charge in [-0.3, -0.25) is 14.6 Å². The minimum absolute atomic E-state index is 0.0103. The Balaban J connectivity index is 1.57. The second-order valence-corrected chi connectivity index (χ2v) is 8.37. The van der Waals surface area contributed by atoms with Gasteiger partial charge < -0.3 is 5.32 Å². The Labute approximate surface area is 175 Å². The molecule has 29 heavy (non-hydrogen) atoms. The number of hydrogen-bond donors (Lipinski definition) is 1. The van der Waals surface area contributed by atoms with Crippen LogP contribution < -0.4 is 5.32 Å². The van der Waals surface area contributed by atoms with E-state index in [1.54, 1.807) is 4.90 Å². The van der Waals surface area contributed by atoms with E-state index < -0.39 is 11.6 Å². The Morgan fingerprint density at radius 2 is 1.83 bits per heavy atom. The van der Waals surface area contributed by atoms with Gasteiger partial charge in [-0.05, 0) is 36.4 Å². The zero-order valence-electron chi connectivity index (χ0n) is 16.7. The smallest absolute Gasteiger partial charge is 0.238 e. The van der Waals surface area contributed by atoms with Crippen LogP contribution in [0.1, 0.15) is 18.1 Å². The number of nitrogens with one attached hydrogen (secondary N) is 1. The molecule has 0 aliphatic carbocycles. The van der Waals surface area contributed by atoms with Crippen molar-refractivity contribution in [1.29, 1.82) is 0 Å². The average Bonchev–Trinajstić information content (AvgIpc) is 2.71. The molecule has 3 rings (SSSR count). The summed E-state index contributed by atoms with van der Waals surface area (Å²) in [4.78, 5) is 16.6. The third kappa shape index (κ3) is 6.52. The van der Waals surface area contributed by atoms with E-state index in [0.29, 0.717) is 6.54 Å². The van der Waals surface area contributed by atoms with Crippen LogP contribution in [0.5, 0.6) is 0 Å². The standard InChI is InChI=1S/C22H27F2N3OS/c1-2-26(15-19-20(23)7-4-8-21(19)24)16-22(28)25-18-6-3-5-17(13-18)14-27-9-11-29-12-10-27/h3-8,13H,2,9-12,14-16H2,1H3,(H,25,28). The van der Waals surface area contributed by atoms with Gasteiger partial charge in [-0.25, -0.2) is 8.78 Å². The van der Waals surface area contributed by atoms with Crippen LogP contribution >= 0.6 is 11.8 Å². The number of rotatable bonds is 8. The Morgan fingerprint density at radius 3 is 2.52 bits per heavy atom. The molecule has 0 spiro atoms. The van der Waals surface area contributed by atoms with Crippen molar-refractivity contribution in [2.24, 2.45) is 0 Å². The fourth-order valence-corrected chi connectivity index (χ4v) is 4.33. The minimum Gasteiger partial charge on any atom is -0.325 e. The first-order valence-corrected chi connectivity index (χ1v) is 11.0. The predicted molar refractivity (Wildman–Crippen MR) is 115 cm³/mol. The lowest BCUT2D eigenvalue weighted by atomic mass is 10.1. The van der Waals surface area contributed by atoms with Crippen molar-refractivity contribution >= 4 is 23.4 Å². The van der Waals surface area contributed by atoms with Crippen molar-refractivity contribution in [1.82, 2.24) is 9.80 Å². The highest BCUT2D eigenvalue weighted by Gasteiger charge is 2.16. The van der Waals surface area contributed by atoms with Gasteiger partial charge in [0.2, 0.25) is 5.91 Å². The van der Waals surface area contributed by atoms with Gasteiger partial charge in [0.15, 0.2) is 0 Å². The van der Waals surface area contributed by atoms with Crippen LogP contribution in [0, 0.1) is 11.6 Å². The maximum Gasteiger partial charge on any atom is 0.238 e. The second-order valence-electron chi connectivity index (χ2n) is 7.14. The molecule has 0 saturated carbocycles. The lowest BCUT2D eigenvalue weighted by Crippen LogP contribution is -2.33. The van der Waals surface area contributed by atoms with E-state index >= 15 is 0 Å². The second kappa shape index (κ2) is 10.7. The summed E-state index contributed by atoms with van der Waals surface area (Å²) >= 11 is 1.98. The molecule has 2 aromatic rings. The Bertz CT molecular complexity index is 807. The number of likely N-dealkylation sites (N-methyl/N-ethyl adjacent to an activating group) is 1. The van der Waals surface area contributed by atoms with Crippen molar-refractivity contribution in [3.8, 4) is 0 Å². The average molecular weight is 420 g/mol. The van der Waals surface area contributed by atoms with Gasteiger partial charge in [0.05, 0.1) is 6.54 Å². The lowest BCUT2D eigenvalue weighted by molar-refractivity contribution is -0.117. The van der Waals surface area contributed by atoms with Gasteiger partial charge in [0.1, 0.15) is 11.6 Å². The first kappa shape index (κ1) is 21.7. The molecule has 0 bridgehead atoms. The molecule has 1 heterocycles. The van der Waals surface area contributed by atoms with Gasteiger partial charge >= 0.3 is 0 Å². The van der Waals surface area contributed by atoms with Crippen molar-refractivity contribution < 1.29 is 13.6 Å². The predicted octanol–water partition coefficient (Wildman–Crippen LogP) is 3.97. The fraction of sp³-hybridized carbons (Fsp3) is 0.409. The Kier molecular flexibility index (Phi) is 8.03. The first-order valence-electron chi connectivity index (χ1n) is 9.89. The highest BCUT2D eigenvalue weighted by Crippen LogP contribution is 2.17. The molecule has 0 radical (unpaired) electrons. The van der Waals surface area contributed by atoms with Crippen LogP contribution in [-0.2, 0) is 17.9 Å². The summed E-state index contributed by atoms with van der Waals surface area (Å²) in [6, 6.07) is 11.7. The molecule has 1 aliphatic rings. The highest BCUT2D eigenvalue weighted by molar-refractivity contribution is 7.99. The number of halogens is 2. The summed E-state index contributed by atoms with van der Waals surface area (Å²) in [7, 11) is 0. The van der Waals surface area contributed by atoms with Gasteiger partial charge in [-0.2, -0.15) is 11.8 Å². The van der Waals surface area contributed by atoms with Crippen molar-refractivity contribution in [2.75, 3.05) is 43.0 Å². The number of hydrogen-bond acceptors (Lipinski definition) is 4. The number of carbonyl (C=O) groups excluding carboxylic acids is 1. The van der Waals surface area contributed by atoms with Gasteiger partial charge in [-0.15, -0.1) is 0 Å². The normalized spacial score (nSPS) is 14.9. The van der Waals surface area contributed by atoms with Crippen LogP contribution in [0.4, 0.5) is 14.5 Å². The molecule has 1 aliphatic heterocycles. The first-order chi connectivity index (χ1) is 14.0. The highest BCUT2D eigenvalue weighted by atomic mass is 32.2. The Morgan fingerprint density at radius 1 is 1.14 bits per heavy atom. The quantitative estimate of drug-likeness (QED) is 0.702. The molecule has 7 heteroatoms. The van der Waals surface area contributed by atoms with Crippen LogP contribution in [0.25, 0.3) is 0 Å². The van der Waals surface area contributed by atoms with E-state index in [9.17, 15) is 13.6 Å². The van der Waals surface area contributed by atoms with Crippen LogP contribution in [0.2, 0.25) is 0 Å². The van der Waals surface area contributed by atoms with E-state index in [1.807, 2.05) is 36.9 Å². The molecular formula is C22H27F2N3OS. The van der Waals surface area contributed by atoms with E-state index in [-0.39, 0.29) is 24.6 Å². The number of anilines is 1. The molecule has 1 amide bonds. The van der Waals surface area contributed by atoms with E-state index in [1.165, 1.54) is 18.2 Å². The maximum absolute atomic E-state index is 13.9. The molecule has 1 saturated heterocycles. The summed E-state index contributed by atoms with van der Waals surface area (Å²) in [5.41, 5.74) is 1.89. The topological polar surface area (TPSA) is 35.6 Å². The third-order valence-electron chi connectivity index (χ3n) is 4.98. The summed E-state index contributed by atoms with van der Waals surface area (Å²) in [5.74, 6) is 0.938. The molecule has 4 nitrogen and oxygen atoms in total. The zero-order chi connectivity index (χ0) is 20.6. The summed E-state index contributed by atoms with van der Waals surface area (Å²) in [6.07, 6.45) is 0. The third-order valence-corrected chi connectivity index (χ3v) is 5.92. The Hall–Kier alpha value is -1.96. The summed E-state index contributed by atoms with van der Waals surface area (Å²) in [5, 5.41) is 2.91. The van der Waals surface area contributed by atoms with Gasteiger partial charge in [0, 0.05) is 48.9 Å². The molecule has 0 aromatic heterocycles. The maximum atomic E-state index is 13.9. The van der Waals surface area contributed by atoms with Crippen molar-refractivity contribution in [3.63, 3.8) is 0 Å². The van der Waals surface area contributed by atoms with Crippen LogP contribution in [0.3, 0.4) is 0 Å². The van der Waals surface area contributed by atoms with Gasteiger partial charge in [-0.1, -0.05) is 25.1 Å². The largest absolute Gasteiger partial charge is 0.325 e. The van der Waals surface area contributed by atoms with Crippen molar-refractivity contribution in [2.45, 2.75) is 20.0 Å². The number of benzene rings is 2. The van der Waals surface area contributed by atoms with Crippen molar-refractivity contribution in [3.05, 3.63) is 65.2 Å². The molecule has 0 atom stereocenters. The summed E-state index contributed by atoms with van der Waals surface area (Å²) < 4.78 is 27.8. The van der Waals surface area contributed by atoms with E-state index in [2.05, 4.69) is 16.3 Å². The molecule has 156 valence electrons. The number of thioether (sulfide) groups is 1. The molecular weight excluding hydrogens is 392 g/mol. The van der Waals surface area contributed by atoms with Crippen LogP contribution in [0.15, 0.2) is 42.5 Å². The fourth-order valence-electron chi connectivity index (χ4n) is 3.36. The molecule has 1 fully saturated rings. The monoisotopic (exact) mass is 419 g/mol. The van der Waals surface area contributed by atoms with Crippen LogP contribution in [-0.4, -0.2) is 53.4 Å². The molecule has 2 aromatic carbocycles.